The number of ether oxygens (including phenoxy) is 3. The summed E-state index contributed by atoms with van der Waals surface area (Å²) in [6.07, 6.45) is 0.278. The van der Waals surface area contributed by atoms with Gasteiger partial charge in [-0.15, -0.1) is 28.3 Å². The summed E-state index contributed by atoms with van der Waals surface area (Å²) in [6, 6.07) is 14.3. The van der Waals surface area contributed by atoms with E-state index >= 15 is 0 Å². The average molecular weight is 565 g/mol. The van der Waals surface area contributed by atoms with Gasteiger partial charge in [0.15, 0.2) is 0 Å². The third-order valence-electron chi connectivity index (χ3n) is 5.29. The summed E-state index contributed by atoms with van der Waals surface area (Å²) < 4.78 is 19.4. The molecule has 38 heavy (non-hydrogen) atoms. The molecule has 2 heterocycles. The van der Waals surface area contributed by atoms with Crippen molar-refractivity contribution in [2.24, 2.45) is 0 Å². The van der Waals surface area contributed by atoms with Crippen LogP contribution >= 0.6 is 23.2 Å². The first kappa shape index (κ1) is 29.1. The number of para-hydroxylation sites is 2. The number of carbonyl (C=O) groups excluding carboxylic acids is 2. The zero-order valence-corrected chi connectivity index (χ0v) is 22.8. The topological polar surface area (TPSA) is 107 Å². The number of nitrogens with zero attached hydrogens (tertiary/aromatic N) is 4. The first-order valence-electron chi connectivity index (χ1n) is 12.3. The molecule has 204 valence electrons. The molecule has 0 spiro atoms. The summed E-state index contributed by atoms with van der Waals surface area (Å²) >= 11 is 11.3. The van der Waals surface area contributed by atoms with Crippen LogP contribution in [0.25, 0.3) is 21.8 Å². The van der Waals surface area contributed by atoms with Crippen molar-refractivity contribution in [3.63, 3.8) is 0 Å². The molecule has 0 unspecified atom stereocenters. The van der Waals surface area contributed by atoms with Crippen molar-refractivity contribution in [1.29, 1.82) is 0 Å². The fourth-order valence-electron chi connectivity index (χ4n) is 3.68. The van der Waals surface area contributed by atoms with Crippen LogP contribution in [0.15, 0.2) is 53.3 Å². The summed E-state index contributed by atoms with van der Waals surface area (Å²) in [4.78, 5) is 36.1. The molecule has 0 fully saturated rings. The van der Waals surface area contributed by atoms with Crippen molar-refractivity contribution in [3.8, 4) is 5.88 Å². The highest BCUT2D eigenvalue weighted by Gasteiger charge is 2.19. The highest BCUT2D eigenvalue weighted by atomic mass is 35.5. The van der Waals surface area contributed by atoms with E-state index in [9.17, 15) is 14.4 Å². The van der Waals surface area contributed by atoms with E-state index in [0.717, 1.165) is 11.8 Å². The van der Waals surface area contributed by atoms with Crippen molar-refractivity contribution in [3.05, 3.63) is 58.9 Å². The quantitative estimate of drug-likeness (QED) is 0.195. The second kappa shape index (κ2) is 14.4. The number of rotatable bonds is 9. The Hall–Kier alpha value is -3.50. The Morgan fingerprint density at radius 3 is 2.11 bits per heavy atom. The first-order chi connectivity index (χ1) is 18.5. The summed E-state index contributed by atoms with van der Waals surface area (Å²) in [6.45, 7) is 4.89. The molecule has 0 bridgehead atoms. The Balaban J connectivity index is 0.000000211. The van der Waals surface area contributed by atoms with Crippen LogP contribution in [0.5, 0.6) is 5.88 Å². The molecule has 10 nitrogen and oxygen atoms in total. The molecule has 0 saturated heterocycles. The van der Waals surface area contributed by atoms with Gasteiger partial charge < -0.3 is 14.2 Å². The fourth-order valence-corrected chi connectivity index (χ4v) is 3.91. The molecule has 2 aromatic heterocycles. The molecule has 0 amide bonds. The number of hydrogen-bond donors (Lipinski definition) is 0. The lowest BCUT2D eigenvalue weighted by atomic mass is 10.2. The number of benzene rings is 2. The number of alkyl halides is 2. The highest BCUT2D eigenvalue weighted by Crippen LogP contribution is 2.25. The maximum atomic E-state index is 12.3. The Labute approximate surface area is 229 Å². The monoisotopic (exact) mass is 564 g/mol. The molecule has 4 aromatic rings. The molecule has 0 saturated carbocycles. The van der Waals surface area contributed by atoms with Gasteiger partial charge in [0.25, 0.3) is 5.56 Å². The molecule has 0 N–H and O–H groups in total. The van der Waals surface area contributed by atoms with Gasteiger partial charge in [-0.3, -0.25) is 4.79 Å². The minimum absolute atomic E-state index is 0.200. The average Bonchev–Trinajstić information content (AvgIpc) is 3.44. The van der Waals surface area contributed by atoms with Crippen LogP contribution in [0.1, 0.15) is 26.7 Å². The molecule has 4 rings (SSSR count). The maximum Gasteiger partial charge on any atom is 0.435 e. The molecule has 0 atom stereocenters. The van der Waals surface area contributed by atoms with Gasteiger partial charge in [-0.25, -0.2) is 14.3 Å². The number of carbonyl (C=O) groups is 2. The standard InChI is InChI=1S/2C13H15ClN2O3/c1-2-18-13(17)16-11-7-4-3-6-10(11)12(15-16)19-9-5-8-14;1-2-19-13(18)16-11-7-4-3-6-10(11)12(17)15(16)9-5-8-14/h2*3-4,6-7H,2,5,8-9H2,1H3. The van der Waals surface area contributed by atoms with Gasteiger partial charge in [-0.1, -0.05) is 24.3 Å². The Kier molecular flexibility index (Phi) is 11.0. The summed E-state index contributed by atoms with van der Waals surface area (Å²) in [5, 5.41) is 5.44. The van der Waals surface area contributed by atoms with Crippen molar-refractivity contribution in [2.75, 3.05) is 31.6 Å². The lowest BCUT2D eigenvalue weighted by Crippen LogP contribution is -2.28. The Bertz CT molecular complexity index is 1430. The zero-order chi connectivity index (χ0) is 27.5. The summed E-state index contributed by atoms with van der Waals surface area (Å²) in [5.74, 6) is 1.38. The van der Waals surface area contributed by atoms with Gasteiger partial charge >= 0.3 is 12.2 Å². The van der Waals surface area contributed by atoms with Crippen LogP contribution in [0.4, 0.5) is 9.59 Å². The van der Waals surface area contributed by atoms with E-state index in [1.54, 1.807) is 44.2 Å². The highest BCUT2D eigenvalue weighted by molar-refractivity contribution is 6.18. The second-order valence-electron chi connectivity index (χ2n) is 7.82. The first-order valence-corrected chi connectivity index (χ1v) is 13.3. The third kappa shape index (κ3) is 6.68. The van der Waals surface area contributed by atoms with Crippen molar-refractivity contribution >= 4 is 57.2 Å². The number of aromatic nitrogens is 4. The number of fused-ring (bicyclic) bond motifs is 2. The lowest BCUT2D eigenvalue weighted by molar-refractivity contribution is 0.146. The van der Waals surface area contributed by atoms with Gasteiger partial charge in [0.1, 0.15) is 0 Å². The van der Waals surface area contributed by atoms with Crippen molar-refractivity contribution in [2.45, 2.75) is 33.2 Å². The predicted octanol–water partition coefficient (Wildman–Crippen LogP) is 5.49. The van der Waals surface area contributed by atoms with Gasteiger partial charge in [0, 0.05) is 18.3 Å². The van der Waals surface area contributed by atoms with E-state index < -0.39 is 12.2 Å². The normalized spacial score (nSPS) is 10.7. The smallest absolute Gasteiger partial charge is 0.435 e. The van der Waals surface area contributed by atoms with E-state index in [-0.39, 0.29) is 12.2 Å². The SMILES string of the molecule is CCOC(=O)n1c2ccccc2c(=O)n1CCCCl.CCOC(=O)n1nc(OCCCCl)c2ccccc21. The molecule has 0 radical (unpaired) electrons. The zero-order valence-electron chi connectivity index (χ0n) is 21.3. The lowest BCUT2D eigenvalue weighted by Gasteiger charge is -2.10. The van der Waals surface area contributed by atoms with E-state index in [1.165, 1.54) is 14.0 Å². The summed E-state index contributed by atoms with van der Waals surface area (Å²) in [7, 11) is 0. The molecule has 0 aliphatic carbocycles. The molecule has 0 aliphatic heterocycles. The van der Waals surface area contributed by atoms with Gasteiger partial charge in [0.05, 0.1) is 41.6 Å². The molecule has 12 heteroatoms. The van der Waals surface area contributed by atoms with Crippen LogP contribution < -0.4 is 10.3 Å². The molecular formula is C26H30Cl2N4O6. The van der Waals surface area contributed by atoms with E-state index in [2.05, 4.69) is 5.10 Å². The second-order valence-corrected chi connectivity index (χ2v) is 8.58. The van der Waals surface area contributed by atoms with Crippen LogP contribution in [-0.4, -0.2) is 62.9 Å². The van der Waals surface area contributed by atoms with Gasteiger partial charge in [-0.2, -0.15) is 9.36 Å². The minimum Gasteiger partial charge on any atom is -0.476 e. The van der Waals surface area contributed by atoms with Crippen LogP contribution in [-0.2, 0) is 16.0 Å². The van der Waals surface area contributed by atoms with Gasteiger partial charge in [0.2, 0.25) is 5.88 Å². The van der Waals surface area contributed by atoms with E-state index in [4.69, 9.17) is 37.4 Å². The minimum atomic E-state index is -0.546. The van der Waals surface area contributed by atoms with Crippen molar-refractivity contribution in [1.82, 2.24) is 19.1 Å². The fraction of sp³-hybridized carbons (Fsp3) is 0.385. The maximum absolute atomic E-state index is 12.3. The third-order valence-corrected chi connectivity index (χ3v) is 5.83. The van der Waals surface area contributed by atoms with Crippen LogP contribution in [0, 0.1) is 0 Å². The Morgan fingerprint density at radius 2 is 1.45 bits per heavy atom. The number of halogens is 2. The van der Waals surface area contributed by atoms with Crippen LogP contribution in [0.2, 0.25) is 0 Å². The molecular weight excluding hydrogens is 535 g/mol. The van der Waals surface area contributed by atoms with E-state index in [1.807, 2.05) is 18.2 Å². The van der Waals surface area contributed by atoms with Crippen LogP contribution in [0.3, 0.4) is 0 Å². The van der Waals surface area contributed by atoms with E-state index in [0.29, 0.717) is 60.2 Å². The Morgan fingerprint density at radius 1 is 0.842 bits per heavy atom. The van der Waals surface area contributed by atoms with Crippen molar-refractivity contribution < 1.29 is 23.8 Å². The van der Waals surface area contributed by atoms with Gasteiger partial charge in [-0.05, 0) is 51.0 Å². The molecule has 2 aromatic carbocycles. The molecule has 0 aliphatic rings. The predicted molar refractivity (Wildman–Crippen MR) is 147 cm³/mol. The largest absolute Gasteiger partial charge is 0.476 e. The summed E-state index contributed by atoms with van der Waals surface area (Å²) in [5.41, 5.74) is 1.02. The number of hydrogen-bond acceptors (Lipinski definition) is 7.